The number of fused-ring (bicyclic) bond motifs is 6. The number of benzene rings is 5. The Balaban J connectivity index is 0.000000211. The third-order valence-corrected chi connectivity index (χ3v) is 7.58. The van der Waals surface area contributed by atoms with Gasteiger partial charge in [-0.2, -0.15) is 10.2 Å². The van der Waals surface area contributed by atoms with Gasteiger partial charge in [0.2, 0.25) is 0 Å². The third-order valence-electron chi connectivity index (χ3n) is 7.58. The molecule has 0 amide bonds. The average Bonchev–Trinajstić information content (AvgIpc) is 3.69. The van der Waals surface area contributed by atoms with E-state index in [-0.39, 0.29) is 20.1 Å². The van der Waals surface area contributed by atoms with Crippen LogP contribution in [-0.4, -0.2) is 24.7 Å². The van der Waals surface area contributed by atoms with Crippen molar-refractivity contribution in [2.45, 2.75) is 0 Å². The van der Waals surface area contributed by atoms with Crippen molar-refractivity contribution < 1.29 is 24.5 Å². The van der Waals surface area contributed by atoms with Crippen molar-refractivity contribution in [3.05, 3.63) is 152 Å². The molecule has 6 nitrogen and oxygen atoms in total. The van der Waals surface area contributed by atoms with Crippen molar-refractivity contribution in [2.75, 3.05) is 0 Å². The van der Waals surface area contributed by atoms with Gasteiger partial charge in [-0.3, -0.25) is 4.98 Å². The van der Waals surface area contributed by atoms with E-state index in [4.69, 9.17) is 9.40 Å². The normalized spacial score (nSPS) is 10.9. The quantitative estimate of drug-likeness (QED) is 0.169. The number of furan rings is 1. The molecule has 0 saturated heterocycles. The van der Waals surface area contributed by atoms with E-state index in [1.807, 2.05) is 78.9 Å². The van der Waals surface area contributed by atoms with Gasteiger partial charge >= 0.3 is 0 Å². The first-order valence-electron chi connectivity index (χ1n) is 14.2. The van der Waals surface area contributed by atoms with E-state index in [0.717, 1.165) is 72.1 Å². The molecular weight excluding hydrogens is 735 g/mol. The molecule has 4 heterocycles. The molecule has 9 rings (SSSR count). The van der Waals surface area contributed by atoms with Gasteiger partial charge in [0.25, 0.3) is 0 Å². The minimum atomic E-state index is 0. The Labute approximate surface area is 272 Å². The van der Waals surface area contributed by atoms with E-state index in [9.17, 15) is 0 Å². The summed E-state index contributed by atoms with van der Waals surface area (Å²) in [5, 5.41) is 12.5. The maximum Gasteiger partial charge on any atom is 0.128 e. The van der Waals surface area contributed by atoms with Crippen LogP contribution in [0.25, 0.3) is 72.1 Å². The summed E-state index contributed by atoms with van der Waals surface area (Å²) in [7, 11) is 0. The topological polar surface area (TPSA) is 69.6 Å². The van der Waals surface area contributed by atoms with Crippen LogP contribution in [0.1, 0.15) is 0 Å². The second-order valence-electron chi connectivity index (χ2n) is 10.2. The molecule has 0 aliphatic rings. The Morgan fingerprint density at radius 3 is 2.27 bits per heavy atom. The molecule has 0 aliphatic carbocycles. The summed E-state index contributed by atoms with van der Waals surface area (Å²) in [4.78, 5) is 9.13. The Hall–Kier alpha value is -5.49. The van der Waals surface area contributed by atoms with Gasteiger partial charge in [-0.05, 0) is 29.3 Å². The maximum absolute atomic E-state index is 6.52. The maximum atomic E-state index is 6.52. The van der Waals surface area contributed by atoms with Crippen LogP contribution < -0.4 is 0 Å². The van der Waals surface area contributed by atoms with Crippen LogP contribution in [0.15, 0.2) is 144 Å². The van der Waals surface area contributed by atoms with Crippen LogP contribution in [0.4, 0.5) is 0 Å². The number of rotatable bonds is 3. The van der Waals surface area contributed by atoms with Crippen molar-refractivity contribution in [3.8, 4) is 28.3 Å². The van der Waals surface area contributed by atoms with Crippen LogP contribution in [0.3, 0.4) is 0 Å². The van der Waals surface area contributed by atoms with Gasteiger partial charge in [0.15, 0.2) is 0 Å². The zero-order valence-corrected chi connectivity index (χ0v) is 26.2. The fraction of sp³-hybridized carbons (Fsp3) is 0. The second kappa shape index (κ2) is 12.2. The summed E-state index contributed by atoms with van der Waals surface area (Å²) in [6, 6.07) is 46.9. The fourth-order valence-electron chi connectivity index (χ4n) is 5.56. The summed E-state index contributed by atoms with van der Waals surface area (Å²) < 4.78 is 8.61. The Kier molecular flexibility index (Phi) is 7.70. The van der Waals surface area contributed by atoms with E-state index in [1.165, 1.54) is 0 Å². The zero-order valence-electron chi connectivity index (χ0n) is 23.8. The number of para-hydroxylation sites is 1. The number of hydrogen-bond acceptors (Lipinski definition) is 5. The largest absolute Gasteiger partial charge is 0.500 e. The van der Waals surface area contributed by atoms with Crippen LogP contribution in [0, 0.1) is 12.1 Å². The predicted octanol–water partition coefficient (Wildman–Crippen LogP) is 8.88. The molecule has 0 bridgehead atoms. The smallest absolute Gasteiger partial charge is 0.128 e. The molecule has 7 heteroatoms. The van der Waals surface area contributed by atoms with Crippen molar-refractivity contribution in [2.24, 2.45) is 0 Å². The second-order valence-corrected chi connectivity index (χ2v) is 10.2. The fourth-order valence-corrected chi connectivity index (χ4v) is 5.56. The van der Waals surface area contributed by atoms with Crippen molar-refractivity contribution in [1.82, 2.24) is 24.7 Å². The van der Waals surface area contributed by atoms with Crippen LogP contribution >= 0.6 is 0 Å². The predicted molar refractivity (Wildman–Crippen MR) is 174 cm³/mol. The number of hydrogen-bond donors (Lipinski definition) is 0. The summed E-state index contributed by atoms with van der Waals surface area (Å²) in [5.74, 6) is 0.745. The monoisotopic (exact) mass is 758 g/mol. The molecule has 0 N–H and O–H groups in total. The van der Waals surface area contributed by atoms with Crippen molar-refractivity contribution in [1.29, 1.82) is 0 Å². The third kappa shape index (κ3) is 5.18. The molecule has 0 spiro atoms. The van der Waals surface area contributed by atoms with Crippen molar-refractivity contribution in [3.63, 3.8) is 0 Å². The van der Waals surface area contributed by atoms with Gasteiger partial charge in [-0.25, -0.2) is 0 Å². The molecular formula is C38H23IrN5O-2. The molecule has 0 aliphatic heterocycles. The summed E-state index contributed by atoms with van der Waals surface area (Å²) in [6.45, 7) is 0. The first-order chi connectivity index (χ1) is 21.8. The Bertz CT molecular complexity index is 2350. The molecule has 9 aromatic rings. The molecule has 0 atom stereocenters. The molecule has 1 radical (unpaired) electrons. The van der Waals surface area contributed by atoms with E-state index >= 15 is 0 Å². The SMILES string of the molecule is [Ir].[c-]1ccc2c(oc3c4ccccc4ccc23)c1-c1nc2cnncc2n1-c1ccccc1.[c-]1ccccc1-c1ccccn1. The summed E-state index contributed by atoms with van der Waals surface area (Å²) in [6.07, 6.45) is 5.21. The van der Waals surface area contributed by atoms with Gasteiger partial charge in [0.1, 0.15) is 5.58 Å². The van der Waals surface area contributed by atoms with E-state index in [0.29, 0.717) is 0 Å². The molecule has 45 heavy (non-hydrogen) atoms. The number of nitrogens with zero attached hydrogens (tertiary/aromatic N) is 5. The summed E-state index contributed by atoms with van der Waals surface area (Å²) >= 11 is 0. The number of imidazole rings is 1. The van der Waals surface area contributed by atoms with Gasteiger partial charge in [-0.15, -0.1) is 54.1 Å². The molecule has 5 aromatic carbocycles. The van der Waals surface area contributed by atoms with E-state index in [1.54, 1.807) is 18.6 Å². The zero-order chi connectivity index (χ0) is 29.3. The molecule has 0 saturated carbocycles. The molecule has 0 fully saturated rings. The van der Waals surface area contributed by atoms with Crippen LogP contribution in [0.2, 0.25) is 0 Å². The average molecular weight is 758 g/mol. The molecule has 4 aromatic heterocycles. The van der Waals surface area contributed by atoms with Gasteiger partial charge in [0, 0.05) is 42.8 Å². The molecule has 217 valence electrons. The number of pyridine rings is 1. The Morgan fingerprint density at radius 1 is 0.622 bits per heavy atom. The van der Waals surface area contributed by atoms with E-state index in [2.05, 4.69) is 74.3 Å². The standard InChI is InChI=1S/C27H15N4O.C11H8N.Ir/c1-2-8-18(9-3-1)31-24-16-29-28-15-23(24)30-27(31)22-12-6-11-20-21-14-13-17-7-4-5-10-19(17)25(21)32-26(20)22;1-2-6-10(7-3-1)11-8-4-5-9-12-11;/h1-11,13-16H;1-6,8-9H;/q2*-1;. The first kappa shape index (κ1) is 28.3. The molecule has 0 unspecified atom stereocenters. The Morgan fingerprint density at radius 2 is 1.42 bits per heavy atom. The minimum absolute atomic E-state index is 0. The number of aromatic nitrogens is 5. The van der Waals surface area contributed by atoms with E-state index < -0.39 is 0 Å². The van der Waals surface area contributed by atoms with Gasteiger partial charge in [-0.1, -0.05) is 77.7 Å². The van der Waals surface area contributed by atoms with Gasteiger partial charge < -0.3 is 14.0 Å². The minimum Gasteiger partial charge on any atom is -0.500 e. The van der Waals surface area contributed by atoms with Crippen molar-refractivity contribution >= 4 is 43.7 Å². The van der Waals surface area contributed by atoms with Crippen LogP contribution in [-0.2, 0) is 20.1 Å². The first-order valence-corrected chi connectivity index (χ1v) is 14.2. The van der Waals surface area contributed by atoms with Crippen LogP contribution in [0.5, 0.6) is 0 Å². The van der Waals surface area contributed by atoms with Gasteiger partial charge in [0.05, 0.1) is 34.8 Å². The summed E-state index contributed by atoms with van der Waals surface area (Å²) in [5.41, 5.74) is 7.11.